The van der Waals surface area contributed by atoms with E-state index in [0.29, 0.717) is 12.1 Å². The molecule has 78 valence electrons. The lowest BCUT2D eigenvalue weighted by atomic mass is 10.1. The van der Waals surface area contributed by atoms with Crippen molar-refractivity contribution in [3.63, 3.8) is 0 Å². The first kappa shape index (κ1) is 11.0. The molecule has 0 radical (unpaired) electrons. The number of aliphatic carboxylic acids is 1. The Hall–Kier alpha value is -2.03. The van der Waals surface area contributed by atoms with Crippen LogP contribution in [0.2, 0.25) is 0 Å². The first-order valence-electron chi connectivity index (χ1n) is 3.70. The molecule has 0 unspecified atom stereocenters. The maximum atomic E-state index is 12.9. The predicted octanol–water partition coefficient (Wildman–Crippen LogP) is 1.87. The van der Waals surface area contributed by atoms with Crippen LogP contribution in [0.3, 0.4) is 0 Å². The number of rotatable bonds is 2. The third kappa shape index (κ3) is 2.07. The van der Waals surface area contributed by atoms with E-state index in [2.05, 4.69) is 0 Å². The SMILES string of the molecule is N#Cc1cc(F)cc(C(F)(F)C(=O)O)c1. The van der Waals surface area contributed by atoms with Gasteiger partial charge in [0, 0.05) is 5.56 Å². The molecule has 0 atom stereocenters. The first-order valence-corrected chi connectivity index (χ1v) is 3.70. The van der Waals surface area contributed by atoms with Gasteiger partial charge in [-0.2, -0.15) is 14.0 Å². The number of halogens is 3. The maximum Gasteiger partial charge on any atom is 0.379 e. The highest BCUT2D eigenvalue weighted by Crippen LogP contribution is 2.29. The number of carboxylic acid groups (broad SMARTS) is 1. The number of nitriles is 1. The van der Waals surface area contributed by atoms with Gasteiger partial charge in [0.1, 0.15) is 5.82 Å². The zero-order chi connectivity index (χ0) is 11.6. The lowest BCUT2D eigenvalue weighted by molar-refractivity contribution is -0.166. The largest absolute Gasteiger partial charge is 0.477 e. The number of hydrogen-bond acceptors (Lipinski definition) is 2. The van der Waals surface area contributed by atoms with Gasteiger partial charge in [-0.25, -0.2) is 9.18 Å². The Bertz CT molecular complexity index is 451. The molecule has 0 bridgehead atoms. The van der Waals surface area contributed by atoms with Crippen LogP contribution >= 0.6 is 0 Å². The van der Waals surface area contributed by atoms with E-state index in [-0.39, 0.29) is 5.56 Å². The average Bonchev–Trinajstić information content (AvgIpc) is 2.16. The normalized spacial score (nSPS) is 10.8. The molecule has 0 aromatic heterocycles. The third-order valence-corrected chi connectivity index (χ3v) is 1.66. The molecule has 1 N–H and O–H groups in total. The lowest BCUT2D eigenvalue weighted by Crippen LogP contribution is -2.25. The molecule has 6 heteroatoms. The van der Waals surface area contributed by atoms with Crippen LogP contribution in [0.1, 0.15) is 11.1 Å². The van der Waals surface area contributed by atoms with Gasteiger partial charge in [0.05, 0.1) is 11.6 Å². The Morgan fingerprint density at radius 1 is 1.40 bits per heavy atom. The summed E-state index contributed by atoms with van der Waals surface area (Å²) in [5.41, 5.74) is -1.41. The number of alkyl halides is 2. The Balaban J connectivity index is 3.33. The lowest BCUT2D eigenvalue weighted by Gasteiger charge is -2.11. The van der Waals surface area contributed by atoms with Crippen LogP contribution in [0.5, 0.6) is 0 Å². The summed E-state index contributed by atoms with van der Waals surface area (Å²) in [5.74, 6) is -7.67. The molecule has 0 aliphatic carbocycles. The molecule has 0 saturated heterocycles. The second-order valence-electron chi connectivity index (χ2n) is 2.72. The summed E-state index contributed by atoms with van der Waals surface area (Å²) in [6.07, 6.45) is 0. The van der Waals surface area contributed by atoms with E-state index in [1.165, 1.54) is 6.07 Å². The van der Waals surface area contributed by atoms with Crippen molar-refractivity contribution in [2.24, 2.45) is 0 Å². The van der Waals surface area contributed by atoms with Crippen molar-refractivity contribution >= 4 is 5.97 Å². The molecule has 0 aliphatic heterocycles. The second-order valence-corrected chi connectivity index (χ2v) is 2.72. The van der Waals surface area contributed by atoms with E-state index in [1.54, 1.807) is 0 Å². The standard InChI is InChI=1S/C9H4F3NO2/c10-7-2-5(4-13)1-6(3-7)9(11,12)8(14)15/h1-3H,(H,14,15). The molecule has 1 aromatic rings. The average molecular weight is 215 g/mol. The summed E-state index contributed by atoms with van der Waals surface area (Å²) in [6.45, 7) is 0. The van der Waals surface area contributed by atoms with E-state index in [1.807, 2.05) is 0 Å². The van der Waals surface area contributed by atoms with Crippen molar-refractivity contribution < 1.29 is 23.1 Å². The summed E-state index contributed by atoms with van der Waals surface area (Å²) in [6, 6.07) is 3.21. The van der Waals surface area contributed by atoms with Gasteiger partial charge in [-0.15, -0.1) is 0 Å². The van der Waals surface area contributed by atoms with Crippen LogP contribution in [-0.2, 0) is 10.7 Å². The molecule has 0 heterocycles. The molecule has 0 fully saturated rings. The summed E-state index contributed by atoms with van der Waals surface area (Å²) in [7, 11) is 0. The summed E-state index contributed by atoms with van der Waals surface area (Å²) in [5, 5.41) is 16.6. The monoisotopic (exact) mass is 215 g/mol. The molecule has 15 heavy (non-hydrogen) atoms. The van der Waals surface area contributed by atoms with Crippen LogP contribution in [0.15, 0.2) is 18.2 Å². The smallest absolute Gasteiger partial charge is 0.379 e. The maximum absolute atomic E-state index is 12.9. The van der Waals surface area contributed by atoms with Crippen LogP contribution in [0, 0.1) is 17.1 Å². The van der Waals surface area contributed by atoms with Gasteiger partial charge >= 0.3 is 11.9 Å². The topological polar surface area (TPSA) is 61.1 Å². The van der Waals surface area contributed by atoms with Crippen LogP contribution < -0.4 is 0 Å². The predicted molar refractivity (Wildman–Crippen MR) is 42.6 cm³/mol. The minimum atomic E-state index is -4.20. The zero-order valence-electron chi connectivity index (χ0n) is 7.17. The molecular weight excluding hydrogens is 211 g/mol. The number of carboxylic acids is 1. The highest BCUT2D eigenvalue weighted by Gasteiger charge is 2.41. The van der Waals surface area contributed by atoms with Crippen molar-refractivity contribution in [2.75, 3.05) is 0 Å². The van der Waals surface area contributed by atoms with Gasteiger partial charge in [0.15, 0.2) is 0 Å². The highest BCUT2D eigenvalue weighted by atomic mass is 19.3. The fourth-order valence-corrected chi connectivity index (χ4v) is 0.959. The fourth-order valence-electron chi connectivity index (χ4n) is 0.959. The quantitative estimate of drug-likeness (QED) is 0.819. The molecular formula is C9H4F3NO2. The van der Waals surface area contributed by atoms with E-state index in [0.717, 1.165) is 6.07 Å². The molecule has 1 rings (SSSR count). The molecule has 0 amide bonds. The van der Waals surface area contributed by atoms with E-state index < -0.39 is 23.3 Å². The highest BCUT2D eigenvalue weighted by molar-refractivity contribution is 5.77. The molecule has 0 aliphatic rings. The minimum Gasteiger partial charge on any atom is -0.477 e. The van der Waals surface area contributed by atoms with E-state index >= 15 is 0 Å². The molecule has 0 spiro atoms. The van der Waals surface area contributed by atoms with Gasteiger partial charge in [0.2, 0.25) is 0 Å². The summed E-state index contributed by atoms with van der Waals surface area (Å²) >= 11 is 0. The van der Waals surface area contributed by atoms with Crippen molar-refractivity contribution in [3.05, 3.63) is 35.1 Å². The number of carbonyl (C=O) groups is 1. The summed E-state index contributed by atoms with van der Waals surface area (Å²) < 4.78 is 38.5. The fraction of sp³-hybridized carbons (Fsp3) is 0.111. The van der Waals surface area contributed by atoms with E-state index in [9.17, 15) is 18.0 Å². The molecule has 1 aromatic carbocycles. The van der Waals surface area contributed by atoms with Gasteiger partial charge < -0.3 is 5.11 Å². The van der Waals surface area contributed by atoms with Crippen molar-refractivity contribution in [1.29, 1.82) is 5.26 Å². The van der Waals surface area contributed by atoms with E-state index in [4.69, 9.17) is 10.4 Å². The van der Waals surface area contributed by atoms with Crippen molar-refractivity contribution in [2.45, 2.75) is 5.92 Å². The van der Waals surface area contributed by atoms with Crippen LogP contribution in [-0.4, -0.2) is 11.1 Å². The number of hydrogen-bond donors (Lipinski definition) is 1. The Morgan fingerprint density at radius 2 is 2.00 bits per heavy atom. The van der Waals surface area contributed by atoms with Gasteiger partial charge in [-0.3, -0.25) is 0 Å². The number of nitrogens with zero attached hydrogens (tertiary/aromatic N) is 1. The van der Waals surface area contributed by atoms with Crippen LogP contribution in [0.25, 0.3) is 0 Å². The second kappa shape index (κ2) is 3.61. The zero-order valence-corrected chi connectivity index (χ0v) is 7.17. The van der Waals surface area contributed by atoms with Gasteiger partial charge in [0.25, 0.3) is 0 Å². The Morgan fingerprint density at radius 3 is 2.47 bits per heavy atom. The Kier molecular flexibility index (Phi) is 2.66. The molecule has 0 saturated carbocycles. The van der Waals surface area contributed by atoms with Gasteiger partial charge in [-0.05, 0) is 18.2 Å². The first-order chi connectivity index (χ1) is 6.87. The Labute approximate surface area is 82.4 Å². The molecule has 3 nitrogen and oxygen atoms in total. The number of benzene rings is 1. The minimum absolute atomic E-state index is 0.356. The van der Waals surface area contributed by atoms with Gasteiger partial charge in [-0.1, -0.05) is 0 Å². The summed E-state index contributed by atoms with van der Waals surface area (Å²) in [4.78, 5) is 10.2. The van der Waals surface area contributed by atoms with Crippen molar-refractivity contribution in [3.8, 4) is 6.07 Å². The third-order valence-electron chi connectivity index (χ3n) is 1.66. The van der Waals surface area contributed by atoms with Crippen LogP contribution in [0.4, 0.5) is 13.2 Å². The van der Waals surface area contributed by atoms with Crippen molar-refractivity contribution in [1.82, 2.24) is 0 Å².